The normalized spacial score (nSPS) is 14.8. The van der Waals surface area contributed by atoms with Crippen molar-refractivity contribution in [3.8, 4) is 0 Å². The maximum Gasteiger partial charge on any atom is 0.112 e. The summed E-state index contributed by atoms with van der Waals surface area (Å²) >= 11 is 0. The van der Waals surface area contributed by atoms with Crippen LogP contribution in [0.15, 0.2) is 91.0 Å². The standard InChI is InChI=1S/C24H26P.BrH/c1-4-14-22(15-5-1)25(20-21-12-10-11-13-21,23-16-6-2-7-17-23)24-18-8-3-9-19-24;/h1-9,14-19,21H,10-13,20H2;1H/q+1;/p-1. The molecule has 0 radical (unpaired) electrons. The molecule has 4 rings (SSSR count). The van der Waals surface area contributed by atoms with Gasteiger partial charge in [0.15, 0.2) is 0 Å². The van der Waals surface area contributed by atoms with E-state index in [0.29, 0.717) is 0 Å². The van der Waals surface area contributed by atoms with Crippen LogP contribution in [-0.2, 0) is 0 Å². The Labute approximate surface area is 168 Å². The summed E-state index contributed by atoms with van der Waals surface area (Å²) in [5.41, 5.74) is 0. The van der Waals surface area contributed by atoms with Crippen LogP contribution in [-0.4, -0.2) is 6.16 Å². The summed E-state index contributed by atoms with van der Waals surface area (Å²) < 4.78 is 0. The Balaban J connectivity index is 0.00000196. The second kappa shape index (κ2) is 8.98. The van der Waals surface area contributed by atoms with Crippen molar-refractivity contribution < 1.29 is 17.0 Å². The molecule has 0 aromatic heterocycles. The van der Waals surface area contributed by atoms with E-state index in [1.807, 2.05) is 0 Å². The zero-order valence-electron chi connectivity index (χ0n) is 15.1. The zero-order valence-corrected chi connectivity index (χ0v) is 17.6. The molecule has 0 amide bonds. The molecule has 0 aliphatic heterocycles. The number of hydrogen-bond acceptors (Lipinski definition) is 0. The van der Waals surface area contributed by atoms with Crippen molar-refractivity contribution in [3.05, 3.63) is 91.0 Å². The summed E-state index contributed by atoms with van der Waals surface area (Å²) in [6.45, 7) is 0. The number of hydrogen-bond donors (Lipinski definition) is 0. The molecular formula is C24H26BrP. The van der Waals surface area contributed by atoms with Gasteiger partial charge in [0.05, 0.1) is 6.16 Å². The molecule has 0 N–H and O–H groups in total. The largest absolute Gasteiger partial charge is 1.00 e. The van der Waals surface area contributed by atoms with E-state index in [4.69, 9.17) is 0 Å². The Morgan fingerprint density at radius 2 is 0.923 bits per heavy atom. The predicted molar refractivity (Wildman–Crippen MR) is 112 cm³/mol. The second-order valence-electron chi connectivity index (χ2n) is 7.15. The number of rotatable bonds is 5. The molecule has 0 atom stereocenters. The van der Waals surface area contributed by atoms with Gasteiger partial charge in [-0.15, -0.1) is 0 Å². The Morgan fingerprint density at radius 3 is 1.27 bits per heavy atom. The molecule has 2 heteroatoms. The van der Waals surface area contributed by atoms with Crippen molar-refractivity contribution >= 4 is 23.2 Å². The lowest BCUT2D eigenvalue weighted by Gasteiger charge is -2.30. The Bertz CT molecular complexity index is 684. The summed E-state index contributed by atoms with van der Waals surface area (Å²) in [6.07, 6.45) is 6.92. The molecule has 134 valence electrons. The smallest absolute Gasteiger partial charge is 0.112 e. The first-order valence-corrected chi connectivity index (χ1v) is 11.4. The van der Waals surface area contributed by atoms with Crippen LogP contribution < -0.4 is 32.9 Å². The first-order valence-electron chi connectivity index (χ1n) is 9.44. The molecule has 1 aliphatic rings. The van der Waals surface area contributed by atoms with E-state index in [1.54, 1.807) is 0 Å². The number of halogens is 1. The van der Waals surface area contributed by atoms with E-state index in [9.17, 15) is 0 Å². The highest BCUT2D eigenvalue weighted by Crippen LogP contribution is 2.58. The van der Waals surface area contributed by atoms with Gasteiger partial charge in [-0.2, -0.15) is 0 Å². The van der Waals surface area contributed by atoms with Crippen LogP contribution >= 0.6 is 7.26 Å². The average Bonchev–Trinajstić information content (AvgIpc) is 3.21. The minimum Gasteiger partial charge on any atom is -1.00 e. The van der Waals surface area contributed by atoms with Crippen molar-refractivity contribution in [1.82, 2.24) is 0 Å². The van der Waals surface area contributed by atoms with Crippen LogP contribution in [0.5, 0.6) is 0 Å². The van der Waals surface area contributed by atoms with Crippen LogP contribution in [0.1, 0.15) is 25.7 Å². The zero-order chi connectivity index (χ0) is 17.0. The molecule has 0 unspecified atom stereocenters. The lowest BCUT2D eigenvalue weighted by molar-refractivity contribution is -0.00000492. The molecule has 0 bridgehead atoms. The van der Waals surface area contributed by atoms with Crippen molar-refractivity contribution in [2.24, 2.45) is 5.92 Å². The topological polar surface area (TPSA) is 0 Å². The minimum atomic E-state index is -1.60. The molecule has 1 fully saturated rings. The van der Waals surface area contributed by atoms with Gasteiger partial charge in [-0.05, 0) is 55.2 Å². The molecule has 0 spiro atoms. The molecular weight excluding hydrogens is 399 g/mol. The second-order valence-corrected chi connectivity index (χ2v) is 10.7. The van der Waals surface area contributed by atoms with Crippen LogP contribution in [0.4, 0.5) is 0 Å². The third kappa shape index (κ3) is 3.80. The van der Waals surface area contributed by atoms with E-state index >= 15 is 0 Å². The summed E-state index contributed by atoms with van der Waals surface area (Å²) in [4.78, 5) is 0. The maximum atomic E-state index is 2.36. The molecule has 1 aliphatic carbocycles. The predicted octanol–water partition coefficient (Wildman–Crippen LogP) is 2.17. The van der Waals surface area contributed by atoms with Gasteiger partial charge in [-0.1, -0.05) is 67.4 Å². The van der Waals surface area contributed by atoms with Gasteiger partial charge in [0, 0.05) is 0 Å². The first kappa shape index (κ1) is 19.3. The fraction of sp³-hybridized carbons (Fsp3) is 0.250. The quantitative estimate of drug-likeness (QED) is 0.550. The van der Waals surface area contributed by atoms with Gasteiger partial charge in [-0.3, -0.25) is 0 Å². The summed E-state index contributed by atoms with van der Waals surface area (Å²) in [7, 11) is -1.60. The van der Waals surface area contributed by atoms with Gasteiger partial charge in [-0.25, -0.2) is 0 Å². The van der Waals surface area contributed by atoms with Crippen molar-refractivity contribution in [2.45, 2.75) is 25.7 Å². The molecule has 3 aromatic carbocycles. The molecule has 0 nitrogen and oxygen atoms in total. The molecule has 3 aromatic rings. The van der Waals surface area contributed by atoms with E-state index in [-0.39, 0.29) is 17.0 Å². The van der Waals surface area contributed by atoms with Crippen molar-refractivity contribution in [1.29, 1.82) is 0 Å². The van der Waals surface area contributed by atoms with Crippen molar-refractivity contribution in [3.63, 3.8) is 0 Å². The van der Waals surface area contributed by atoms with Crippen LogP contribution in [0, 0.1) is 5.92 Å². The summed E-state index contributed by atoms with van der Waals surface area (Å²) in [5, 5.41) is 4.58. The Hall–Kier alpha value is -1.43. The summed E-state index contributed by atoms with van der Waals surface area (Å²) in [6, 6.07) is 33.9. The fourth-order valence-corrected chi connectivity index (χ4v) is 9.10. The SMILES string of the molecule is [Br-].c1ccc([P+](CC2CCCC2)(c2ccccc2)c2ccccc2)cc1. The van der Waals surface area contributed by atoms with Gasteiger partial charge in [0.25, 0.3) is 0 Å². The Kier molecular flexibility index (Phi) is 6.68. The fourth-order valence-electron chi connectivity index (χ4n) is 4.39. The van der Waals surface area contributed by atoms with E-state index in [1.165, 1.54) is 47.8 Å². The highest BCUT2D eigenvalue weighted by Gasteiger charge is 2.47. The van der Waals surface area contributed by atoms with Gasteiger partial charge >= 0.3 is 0 Å². The minimum absolute atomic E-state index is 0. The highest BCUT2D eigenvalue weighted by atomic mass is 79.9. The summed E-state index contributed by atoms with van der Waals surface area (Å²) in [5.74, 6) is 0.856. The van der Waals surface area contributed by atoms with E-state index in [0.717, 1.165) is 5.92 Å². The third-order valence-corrected chi connectivity index (χ3v) is 10.2. The van der Waals surface area contributed by atoms with E-state index < -0.39 is 7.26 Å². The molecule has 0 saturated heterocycles. The average molecular weight is 425 g/mol. The van der Waals surface area contributed by atoms with Crippen LogP contribution in [0.3, 0.4) is 0 Å². The third-order valence-electron chi connectivity index (χ3n) is 5.60. The van der Waals surface area contributed by atoms with Gasteiger partial charge in [0.1, 0.15) is 23.2 Å². The van der Waals surface area contributed by atoms with Crippen LogP contribution in [0.25, 0.3) is 0 Å². The monoisotopic (exact) mass is 424 g/mol. The van der Waals surface area contributed by atoms with Gasteiger partial charge in [0.2, 0.25) is 0 Å². The lowest BCUT2D eigenvalue weighted by Crippen LogP contribution is -3.00. The molecule has 1 saturated carbocycles. The first-order chi connectivity index (χ1) is 12.4. The van der Waals surface area contributed by atoms with Gasteiger partial charge < -0.3 is 17.0 Å². The maximum absolute atomic E-state index is 2.36. The van der Waals surface area contributed by atoms with Crippen molar-refractivity contribution in [2.75, 3.05) is 6.16 Å². The lowest BCUT2D eigenvalue weighted by atomic mass is 10.1. The van der Waals surface area contributed by atoms with Crippen LogP contribution in [0.2, 0.25) is 0 Å². The molecule has 0 heterocycles. The Morgan fingerprint density at radius 1 is 0.577 bits per heavy atom. The number of benzene rings is 3. The molecule has 26 heavy (non-hydrogen) atoms. The highest BCUT2D eigenvalue weighted by molar-refractivity contribution is 7.95. The van der Waals surface area contributed by atoms with E-state index in [2.05, 4.69) is 91.0 Å².